The third-order valence-corrected chi connectivity index (χ3v) is 11.1. The maximum absolute atomic E-state index is 11.9. The first-order valence-electron chi connectivity index (χ1n) is 17.3. The van der Waals surface area contributed by atoms with Gasteiger partial charge in [0.15, 0.2) is 5.71 Å². The third-order valence-electron chi connectivity index (χ3n) is 9.45. The van der Waals surface area contributed by atoms with E-state index in [1.54, 1.807) is 12.1 Å². The molecule has 0 unspecified atom stereocenters. The molecule has 17 heteroatoms. The van der Waals surface area contributed by atoms with Crippen molar-refractivity contribution < 1.29 is 53.0 Å². The number of carbonyl (C=O) groups is 1. The maximum Gasteiger partial charge on any atom is 0.425 e. The second-order valence-electron chi connectivity index (χ2n) is 14.3. The Bertz CT molecular complexity index is 2180. The first-order chi connectivity index (χ1) is 25.0. The quantitative estimate of drug-likeness (QED) is 0.134. The Morgan fingerprint density at radius 1 is 0.963 bits per heavy atom. The zero-order valence-electron chi connectivity index (χ0n) is 31.3. The van der Waals surface area contributed by atoms with Crippen LogP contribution in [0.2, 0.25) is 0 Å². The van der Waals surface area contributed by atoms with Crippen LogP contribution >= 0.6 is 0 Å². The summed E-state index contributed by atoms with van der Waals surface area (Å²) in [5.74, 6) is -1.27. The molecule has 2 aromatic carbocycles. The average molecular weight is 808 g/mol. The molecule has 0 atom stereocenters. The van der Waals surface area contributed by atoms with Crippen LogP contribution < -0.4 is 4.90 Å². The van der Waals surface area contributed by atoms with E-state index in [-0.39, 0.29) is 17.7 Å². The predicted octanol–water partition coefficient (Wildman–Crippen LogP) is 4.74. The number of rotatable bonds is 16. The normalized spacial score (nSPS) is 17.0. The molecule has 0 aliphatic carbocycles. The van der Waals surface area contributed by atoms with E-state index in [4.69, 9.17) is 17.7 Å². The predicted molar refractivity (Wildman–Crippen MR) is 205 cm³/mol. The highest BCUT2D eigenvalue weighted by molar-refractivity contribution is 7.86. The summed E-state index contributed by atoms with van der Waals surface area (Å²) in [6.45, 7) is 12.7. The van der Waals surface area contributed by atoms with Gasteiger partial charge in [0.25, 0.3) is 10.1 Å². The Labute approximate surface area is 319 Å². The summed E-state index contributed by atoms with van der Waals surface area (Å²) >= 11 is 0. The van der Waals surface area contributed by atoms with E-state index in [9.17, 15) is 30.7 Å². The van der Waals surface area contributed by atoms with E-state index >= 15 is 0 Å². The lowest BCUT2D eigenvalue weighted by Crippen LogP contribution is -2.28. The van der Waals surface area contributed by atoms with Crippen LogP contribution in [0.5, 0.6) is 0 Å². The lowest BCUT2D eigenvalue weighted by atomic mass is 9.81. The van der Waals surface area contributed by atoms with Crippen molar-refractivity contribution >= 4 is 53.9 Å². The third kappa shape index (κ3) is 11.5. The highest BCUT2D eigenvalue weighted by atomic mass is 32.2. The summed E-state index contributed by atoms with van der Waals surface area (Å²) in [7, 11) is -9.86. The molecule has 2 aliphatic rings. The van der Waals surface area contributed by atoms with Crippen molar-refractivity contribution in [2.45, 2.75) is 82.6 Å². The second-order valence-corrected chi connectivity index (χ2v) is 17.6. The number of hydrogen-bond acceptors (Lipinski definition) is 11. The Kier molecular flexibility index (Phi) is 14.9. The van der Waals surface area contributed by atoms with Crippen molar-refractivity contribution in [3.63, 3.8) is 0 Å². The SMILES string of the molecule is CCC[N+]1=C(C=CC=CC=C2N(CCCS(=O)(=O)[O-])c3ccc(CN(C)CCCC(=O)O)cc3C2(C)C)C(C)(C)c2cc(S(=O)(=O)O)ccc21.O=S(=O)=O. The van der Waals surface area contributed by atoms with Crippen LogP contribution in [0, 0.1) is 0 Å². The molecule has 296 valence electrons. The van der Waals surface area contributed by atoms with Gasteiger partial charge < -0.3 is 19.5 Å². The van der Waals surface area contributed by atoms with Crippen LogP contribution in [0.25, 0.3) is 0 Å². The summed E-state index contributed by atoms with van der Waals surface area (Å²) in [5.41, 5.74) is 5.82. The number of fused-ring (bicyclic) bond motifs is 2. The van der Waals surface area contributed by atoms with Crippen LogP contribution in [-0.4, -0.2) is 97.3 Å². The Hall–Kier alpha value is -4.00. The number of hydrogen-bond donors (Lipinski definition) is 2. The van der Waals surface area contributed by atoms with Gasteiger partial charge in [0.05, 0.1) is 20.4 Å². The van der Waals surface area contributed by atoms with Gasteiger partial charge in [-0.3, -0.25) is 9.35 Å². The minimum Gasteiger partial charge on any atom is -0.748 e. The second kappa shape index (κ2) is 18.1. The molecule has 0 spiro atoms. The fraction of sp³-hybridized carbons (Fsp3) is 0.459. The van der Waals surface area contributed by atoms with E-state index in [1.165, 1.54) is 6.07 Å². The van der Waals surface area contributed by atoms with Crippen molar-refractivity contribution in [3.8, 4) is 0 Å². The van der Waals surface area contributed by atoms with Crippen LogP contribution in [0.15, 0.2) is 77.4 Å². The molecule has 0 radical (unpaired) electrons. The van der Waals surface area contributed by atoms with Crippen molar-refractivity contribution in [2.75, 3.05) is 37.3 Å². The van der Waals surface area contributed by atoms with E-state index in [0.717, 1.165) is 52.4 Å². The average Bonchev–Trinajstić information content (AvgIpc) is 3.37. The summed E-state index contributed by atoms with van der Waals surface area (Å²) in [5, 5.41) is 8.98. The van der Waals surface area contributed by atoms with Crippen LogP contribution in [0.3, 0.4) is 0 Å². The Morgan fingerprint density at radius 2 is 1.63 bits per heavy atom. The molecule has 14 nitrogen and oxygen atoms in total. The number of allylic oxidation sites excluding steroid dienone is 6. The van der Waals surface area contributed by atoms with Gasteiger partial charge in [-0.1, -0.05) is 51.1 Å². The molecule has 0 amide bonds. The number of anilines is 1. The number of carboxylic acids is 1. The van der Waals surface area contributed by atoms with Gasteiger partial charge in [-0.15, -0.1) is 12.6 Å². The summed E-state index contributed by atoms with van der Waals surface area (Å²) in [4.78, 5) is 15.0. The zero-order chi connectivity index (χ0) is 40.6. The Morgan fingerprint density at radius 3 is 2.22 bits per heavy atom. The number of aliphatic carboxylic acids is 1. The van der Waals surface area contributed by atoms with Crippen molar-refractivity contribution in [1.82, 2.24) is 4.90 Å². The minimum absolute atomic E-state index is 0.117. The summed E-state index contributed by atoms with van der Waals surface area (Å²) in [6, 6.07) is 10.9. The fourth-order valence-corrected chi connectivity index (χ4v) is 7.98. The first-order valence-corrected chi connectivity index (χ1v) is 21.4. The molecular weight excluding hydrogens is 759 g/mol. The molecule has 2 aromatic rings. The van der Waals surface area contributed by atoms with Crippen molar-refractivity contribution in [1.29, 1.82) is 0 Å². The number of benzene rings is 2. The van der Waals surface area contributed by atoms with E-state index < -0.39 is 53.4 Å². The standard InChI is InChI=1S/C37H49N3O8S2.O3S/c1-7-20-39-32-19-17-28(50(46,47)48)25-30(32)37(4,5)33(39)13-9-8-10-14-34-36(2,3)29-24-27(26-38(6)21-11-15-35(41)42)16-18-31(29)40(34)22-12-23-49(43,44)45;1-4(2)3/h8-10,13-14,16-19,24-25H,7,11-12,15,20-23,26H2,1-6H3,(H2-,41,42,43,44,45,46,47,48);. The topological polar surface area (TPSA) is 210 Å². The maximum atomic E-state index is 11.9. The molecular formula is C37H49N3O11S3. The molecule has 4 rings (SSSR count). The van der Waals surface area contributed by atoms with Crippen LogP contribution in [0.4, 0.5) is 11.4 Å². The zero-order valence-corrected chi connectivity index (χ0v) is 33.8. The Balaban J connectivity index is 0.00000186. The highest BCUT2D eigenvalue weighted by Crippen LogP contribution is 2.48. The van der Waals surface area contributed by atoms with Gasteiger partial charge >= 0.3 is 16.6 Å². The van der Waals surface area contributed by atoms with E-state index in [0.29, 0.717) is 26.1 Å². The van der Waals surface area contributed by atoms with E-state index in [2.05, 4.69) is 41.2 Å². The summed E-state index contributed by atoms with van der Waals surface area (Å²) in [6.07, 6.45) is 11.5. The van der Waals surface area contributed by atoms with Gasteiger partial charge in [-0.2, -0.15) is 13.0 Å². The van der Waals surface area contributed by atoms with Crippen LogP contribution in [-0.2, 0) is 53.0 Å². The first kappa shape index (κ1) is 44.4. The van der Waals surface area contributed by atoms with Gasteiger partial charge in [-0.25, -0.2) is 8.42 Å². The van der Waals surface area contributed by atoms with Gasteiger partial charge in [0, 0.05) is 66.2 Å². The fourth-order valence-electron chi connectivity index (χ4n) is 6.99. The van der Waals surface area contributed by atoms with Crippen LogP contribution in [0.1, 0.15) is 77.0 Å². The lowest BCUT2D eigenvalue weighted by Gasteiger charge is -2.27. The smallest absolute Gasteiger partial charge is 0.425 e. The summed E-state index contributed by atoms with van der Waals surface area (Å²) < 4.78 is 95.2. The van der Waals surface area contributed by atoms with Gasteiger partial charge in [0.1, 0.15) is 6.54 Å². The molecule has 2 heterocycles. The van der Waals surface area contributed by atoms with Gasteiger partial charge in [-0.05, 0) is 75.7 Å². The molecule has 0 saturated heterocycles. The van der Waals surface area contributed by atoms with Crippen molar-refractivity contribution in [2.24, 2.45) is 0 Å². The van der Waals surface area contributed by atoms with Crippen molar-refractivity contribution in [3.05, 3.63) is 89.2 Å². The van der Waals surface area contributed by atoms with E-state index in [1.807, 2.05) is 63.4 Å². The molecule has 54 heavy (non-hydrogen) atoms. The minimum atomic E-state index is -4.36. The lowest BCUT2D eigenvalue weighted by molar-refractivity contribution is -0.437. The molecule has 2 N–H and O–H groups in total. The van der Waals surface area contributed by atoms with Gasteiger partial charge in [0.2, 0.25) is 5.69 Å². The molecule has 0 bridgehead atoms. The monoisotopic (exact) mass is 807 g/mol. The molecule has 0 fully saturated rings. The highest BCUT2D eigenvalue weighted by Gasteiger charge is 2.44. The molecule has 0 aromatic heterocycles. The molecule has 0 saturated carbocycles. The largest absolute Gasteiger partial charge is 0.748 e. The molecule has 2 aliphatic heterocycles. The number of carboxylic acid groups (broad SMARTS) is 1. The number of nitrogens with zero attached hydrogens (tertiary/aromatic N) is 3.